The molecule has 7 nitrogen and oxygen atoms in total. The van der Waals surface area contributed by atoms with Crippen LogP contribution in [-0.4, -0.2) is 52.2 Å². The lowest BCUT2D eigenvalue weighted by Gasteiger charge is -2.32. The number of benzene rings is 2. The molecule has 0 unspecified atom stereocenters. The molecule has 0 spiro atoms. The number of fused-ring (bicyclic) bond motifs is 2. The molecule has 3 aliphatic heterocycles. The summed E-state index contributed by atoms with van der Waals surface area (Å²) in [6.07, 6.45) is 9.41. The molecule has 0 bridgehead atoms. The second-order valence-electron chi connectivity index (χ2n) is 11.3. The number of likely N-dealkylation sites (tertiary alicyclic amines) is 1. The van der Waals surface area contributed by atoms with Crippen LogP contribution in [0.1, 0.15) is 42.5 Å². The van der Waals surface area contributed by atoms with Crippen molar-refractivity contribution in [2.24, 2.45) is 0 Å². The minimum atomic E-state index is -2.59. The first-order valence-corrected chi connectivity index (χ1v) is 14.1. The zero-order valence-corrected chi connectivity index (χ0v) is 22.6. The monoisotopic (exact) mass is 541 g/mol. The standard InChI is InChI=1S/C31H33F2N7/c1-20-11-21(18-39-10-7-31(32,33)19-39)13-23(12-20)22-5-6-25-24(14-22)29(38-37-25)27-16-35-30-26(36-27)15-34-17-28(30)40-8-3-2-4-9-40/h5-6,11-17,35-36H,2-4,7-10,18-19H2,1H3,(H,37,38). The molecule has 2 aromatic carbocycles. The van der Waals surface area contributed by atoms with Gasteiger partial charge in [0.1, 0.15) is 5.69 Å². The van der Waals surface area contributed by atoms with E-state index in [9.17, 15) is 8.78 Å². The van der Waals surface area contributed by atoms with Crippen LogP contribution in [0.15, 0.2) is 55.0 Å². The summed E-state index contributed by atoms with van der Waals surface area (Å²) >= 11 is 0. The fourth-order valence-corrected chi connectivity index (χ4v) is 6.24. The second-order valence-corrected chi connectivity index (χ2v) is 11.3. The van der Waals surface area contributed by atoms with E-state index in [0.29, 0.717) is 13.1 Å². The molecule has 2 saturated heterocycles. The predicted octanol–water partition coefficient (Wildman–Crippen LogP) is 6.60. The SMILES string of the molecule is Cc1cc(CN2CCC(F)(F)C2)cc(-c2ccc3[nH]nc(C4=CNc5c(cncc5N5CCCCC5)N4)c3c2)c1. The summed E-state index contributed by atoms with van der Waals surface area (Å²) < 4.78 is 27.5. The molecule has 3 N–H and O–H groups in total. The molecule has 0 atom stereocenters. The molecular weight excluding hydrogens is 508 g/mol. The Morgan fingerprint density at radius 3 is 2.67 bits per heavy atom. The maximum atomic E-state index is 13.7. The minimum absolute atomic E-state index is 0.0650. The molecule has 4 aromatic rings. The van der Waals surface area contributed by atoms with E-state index >= 15 is 0 Å². The fraction of sp³-hybridized carbons (Fsp3) is 0.355. The summed E-state index contributed by atoms with van der Waals surface area (Å²) in [5.74, 6) is -2.59. The highest BCUT2D eigenvalue weighted by molar-refractivity contribution is 6.00. The van der Waals surface area contributed by atoms with Crippen LogP contribution in [0.4, 0.5) is 25.8 Å². The van der Waals surface area contributed by atoms with Crippen LogP contribution in [-0.2, 0) is 6.54 Å². The number of piperidine rings is 1. The van der Waals surface area contributed by atoms with Gasteiger partial charge in [0, 0.05) is 44.2 Å². The lowest BCUT2D eigenvalue weighted by molar-refractivity contribution is 0.0115. The van der Waals surface area contributed by atoms with E-state index in [2.05, 4.69) is 68.0 Å². The Balaban J connectivity index is 1.17. The molecule has 2 fully saturated rings. The summed E-state index contributed by atoms with van der Waals surface area (Å²) in [4.78, 5) is 8.77. The average molecular weight is 542 g/mol. The van der Waals surface area contributed by atoms with Gasteiger partial charge < -0.3 is 15.5 Å². The summed E-state index contributed by atoms with van der Waals surface area (Å²) in [5.41, 5.74) is 10.0. The van der Waals surface area contributed by atoms with Gasteiger partial charge in [-0.05, 0) is 61.1 Å². The van der Waals surface area contributed by atoms with Gasteiger partial charge in [-0.1, -0.05) is 23.8 Å². The highest BCUT2D eigenvalue weighted by Crippen LogP contribution is 2.39. The first-order valence-electron chi connectivity index (χ1n) is 14.1. The number of hydrogen-bond donors (Lipinski definition) is 3. The number of hydrogen-bond acceptors (Lipinski definition) is 6. The van der Waals surface area contributed by atoms with Crippen molar-refractivity contribution in [2.45, 2.75) is 45.1 Å². The number of H-pyrrole nitrogens is 1. The first kappa shape index (κ1) is 25.0. The van der Waals surface area contributed by atoms with Gasteiger partial charge in [0.2, 0.25) is 0 Å². The predicted molar refractivity (Wildman–Crippen MR) is 157 cm³/mol. The maximum Gasteiger partial charge on any atom is 0.261 e. The van der Waals surface area contributed by atoms with Crippen molar-refractivity contribution in [3.63, 3.8) is 0 Å². The molecule has 0 amide bonds. The van der Waals surface area contributed by atoms with Crippen molar-refractivity contribution in [3.05, 3.63) is 71.8 Å². The number of halogens is 2. The van der Waals surface area contributed by atoms with E-state index in [-0.39, 0.29) is 13.0 Å². The van der Waals surface area contributed by atoms with Crippen molar-refractivity contribution in [1.29, 1.82) is 0 Å². The third kappa shape index (κ3) is 4.79. The molecule has 5 heterocycles. The van der Waals surface area contributed by atoms with E-state index in [0.717, 1.165) is 74.7 Å². The first-order chi connectivity index (χ1) is 19.4. The number of nitrogens with zero attached hydrogens (tertiary/aromatic N) is 4. The Morgan fingerprint density at radius 2 is 1.85 bits per heavy atom. The Labute approximate surface area is 232 Å². The van der Waals surface area contributed by atoms with Gasteiger partial charge in [-0.3, -0.25) is 15.0 Å². The Bertz CT molecular complexity index is 1600. The largest absolute Gasteiger partial charge is 0.369 e. The topological polar surface area (TPSA) is 72.1 Å². The number of anilines is 3. The van der Waals surface area contributed by atoms with E-state index in [1.54, 1.807) is 0 Å². The zero-order chi connectivity index (χ0) is 27.3. The summed E-state index contributed by atoms with van der Waals surface area (Å²) in [5, 5.41) is 15.9. The highest BCUT2D eigenvalue weighted by Gasteiger charge is 2.38. The average Bonchev–Trinajstić information content (AvgIpc) is 3.54. The number of alkyl halides is 2. The van der Waals surface area contributed by atoms with Gasteiger partial charge >= 0.3 is 0 Å². The van der Waals surface area contributed by atoms with Crippen LogP contribution in [0.2, 0.25) is 0 Å². The van der Waals surface area contributed by atoms with Gasteiger partial charge in [0.05, 0.1) is 47.2 Å². The number of aromatic amines is 1. The smallest absolute Gasteiger partial charge is 0.261 e. The molecule has 0 radical (unpaired) electrons. The maximum absolute atomic E-state index is 13.7. The van der Waals surface area contributed by atoms with E-state index in [1.165, 1.54) is 19.3 Å². The summed E-state index contributed by atoms with van der Waals surface area (Å²) in [6.45, 7) is 4.94. The second kappa shape index (κ2) is 9.89. The molecule has 7 rings (SSSR count). The molecule has 40 heavy (non-hydrogen) atoms. The van der Waals surface area contributed by atoms with Gasteiger partial charge in [0.15, 0.2) is 0 Å². The quantitative estimate of drug-likeness (QED) is 0.264. The van der Waals surface area contributed by atoms with Crippen LogP contribution in [0.3, 0.4) is 0 Å². The third-order valence-electron chi connectivity index (χ3n) is 8.20. The van der Waals surface area contributed by atoms with Crippen molar-refractivity contribution in [2.75, 3.05) is 41.7 Å². The highest BCUT2D eigenvalue weighted by atomic mass is 19.3. The zero-order valence-electron chi connectivity index (χ0n) is 22.6. The number of aryl methyl sites for hydroxylation is 1. The van der Waals surface area contributed by atoms with Crippen molar-refractivity contribution in [1.82, 2.24) is 20.1 Å². The van der Waals surface area contributed by atoms with Crippen LogP contribution in [0.25, 0.3) is 27.7 Å². The van der Waals surface area contributed by atoms with Crippen LogP contribution in [0, 0.1) is 6.92 Å². The number of rotatable bonds is 5. The normalized spacial score (nSPS) is 18.8. The van der Waals surface area contributed by atoms with E-state index < -0.39 is 5.92 Å². The molecule has 206 valence electrons. The van der Waals surface area contributed by atoms with Gasteiger partial charge in [-0.15, -0.1) is 0 Å². The van der Waals surface area contributed by atoms with Gasteiger partial charge in [0.25, 0.3) is 5.92 Å². The van der Waals surface area contributed by atoms with Crippen molar-refractivity contribution < 1.29 is 8.78 Å². The van der Waals surface area contributed by atoms with Crippen LogP contribution in [0.5, 0.6) is 0 Å². The van der Waals surface area contributed by atoms with E-state index in [1.807, 2.05) is 29.6 Å². The molecule has 0 aliphatic carbocycles. The fourth-order valence-electron chi connectivity index (χ4n) is 6.24. The van der Waals surface area contributed by atoms with Gasteiger partial charge in [-0.25, -0.2) is 8.78 Å². The van der Waals surface area contributed by atoms with Gasteiger partial charge in [-0.2, -0.15) is 5.10 Å². The number of aromatic nitrogens is 3. The van der Waals surface area contributed by atoms with Crippen molar-refractivity contribution >= 4 is 33.7 Å². The Morgan fingerprint density at radius 1 is 0.975 bits per heavy atom. The number of pyridine rings is 1. The molecule has 2 aromatic heterocycles. The molecule has 3 aliphatic rings. The summed E-state index contributed by atoms with van der Waals surface area (Å²) in [7, 11) is 0. The van der Waals surface area contributed by atoms with Crippen LogP contribution >= 0.6 is 0 Å². The summed E-state index contributed by atoms with van der Waals surface area (Å²) in [6, 6.07) is 12.6. The Kier molecular flexibility index (Phi) is 6.19. The minimum Gasteiger partial charge on any atom is -0.369 e. The molecular formula is C31H33F2N7. The lowest BCUT2D eigenvalue weighted by Crippen LogP contribution is -2.30. The van der Waals surface area contributed by atoms with Crippen LogP contribution < -0.4 is 15.5 Å². The van der Waals surface area contributed by atoms with E-state index in [4.69, 9.17) is 0 Å². The number of nitrogens with one attached hydrogen (secondary N) is 3. The Hall–Kier alpha value is -3.98. The molecule has 9 heteroatoms. The molecule has 0 saturated carbocycles. The lowest BCUT2D eigenvalue weighted by atomic mass is 9.98. The third-order valence-corrected chi connectivity index (χ3v) is 8.20. The van der Waals surface area contributed by atoms with Crippen molar-refractivity contribution in [3.8, 4) is 11.1 Å².